The van der Waals surface area contributed by atoms with Gasteiger partial charge < -0.3 is 15.4 Å². The zero-order chi connectivity index (χ0) is 16.9. The lowest BCUT2D eigenvalue weighted by Crippen LogP contribution is -2.47. The van der Waals surface area contributed by atoms with Crippen LogP contribution in [0.2, 0.25) is 0 Å². The maximum absolute atomic E-state index is 12.7. The molecule has 128 valence electrons. The Hall–Kier alpha value is -1.63. The highest BCUT2D eigenvalue weighted by Crippen LogP contribution is 2.40. The van der Waals surface area contributed by atoms with Crippen LogP contribution in [-0.2, 0) is 14.3 Å². The number of hydrogen-bond donors (Lipinski definition) is 1. The molecule has 23 heavy (non-hydrogen) atoms. The number of nitrogens with two attached hydrogens (primary N) is 1. The van der Waals surface area contributed by atoms with Crippen LogP contribution in [0.3, 0.4) is 0 Å². The molecule has 2 N–H and O–H groups in total. The molecule has 7 nitrogen and oxygen atoms in total. The number of nitrogens with zero attached hydrogens (tertiary/aromatic N) is 2. The fourth-order valence-electron chi connectivity index (χ4n) is 3.97. The third-order valence-corrected chi connectivity index (χ3v) is 4.98. The molecule has 3 aliphatic rings. The van der Waals surface area contributed by atoms with Gasteiger partial charge in [-0.1, -0.05) is 0 Å². The lowest BCUT2D eigenvalue weighted by molar-refractivity contribution is -0.135. The second-order valence-corrected chi connectivity index (χ2v) is 7.76. The van der Waals surface area contributed by atoms with Gasteiger partial charge in [-0.25, -0.2) is 9.69 Å². The maximum Gasteiger partial charge on any atom is 0.417 e. The highest BCUT2D eigenvalue weighted by atomic mass is 16.6. The van der Waals surface area contributed by atoms with Crippen molar-refractivity contribution < 1.29 is 19.1 Å². The van der Waals surface area contributed by atoms with Crippen molar-refractivity contribution in [3.05, 3.63) is 0 Å². The van der Waals surface area contributed by atoms with Crippen molar-refractivity contribution in [2.45, 2.75) is 70.2 Å². The van der Waals surface area contributed by atoms with E-state index in [2.05, 4.69) is 0 Å². The van der Waals surface area contributed by atoms with E-state index >= 15 is 0 Å². The second-order valence-electron chi connectivity index (χ2n) is 7.76. The molecule has 3 fully saturated rings. The first-order valence-electron chi connectivity index (χ1n) is 8.31. The molecule has 1 saturated carbocycles. The van der Waals surface area contributed by atoms with Gasteiger partial charge in [0.2, 0.25) is 11.8 Å². The molecule has 2 heterocycles. The van der Waals surface area contributed by atoms with Gasteiger partial charge in [0.1, 0.15) is 5.60 Å². The minimum atomic E-state index is -0.634. The summed E-state index contributed by atoms with van der Waals surface area (Å²) in [5, 5.41) is 0. The number of fused-ring (bicyclic) bond motifs is 2. The highest BCUT2D eigenvalue weighted by molar-refractivity contribution is 5.97. The lowest BCUT2D eigenvalue weighted by atomic mass is 9.84. The van der Waals surface area contributed by atoms with Crippen molar-refractivity contribution in [2.75, 3.05) is 6.54 Å². The zero-order valence-corrected chi connectivity index (χ0v) is 13.9. The first-order valence-corrected chi connectivity index (χ1v) is 8.31. The Morgan fingerprint density at radius 3 is 2.43 bits per heavy atom. The van der Waals surface area contributed by atoms with Gasteiger partial charge in [0, 0.05) is 18.6 Å². The molecule has 2 bridgehead atoms. The van der Waals surface area contributed by atoms with E-state index in [1.165, 1.54) is 4.90 Å². The summed E-state index contributed by atoms with van der Waals surface area (Å²) in [7, 11) is 0. The van der Waals surface area contributed by atoms with Crippen molar-refractivity contribution in [3.63, 3.8) is 0 Å². The number of carbonyl (C=O) groups is 3. The summed E-state index contributed by atoms with van der Waals surface area (Å²) in [4.78, 5) is 40.3. The van der Waals surface area contributed by atoms with Crippen LogP contribution in [0, 0.1) is 5.92 Å². The van der Waals surface area contributed by atoms with Gasteiger partial charge in [-0.15, -0.1) is 0 Å². The Bertz CT molecular complexity index is 542. The molecule has 0 aromatic rings. The van der Waals surface area contributed by atoms with Crippen LogP contribution in [-0.4, -0.2) is 58.0 Å². The van der Waals surface area contributed by atoms with E-state index < -0.39 is 17.7 Å². The van der Waals surface area contributed by atoms with E-state index in [9.17, 15) is 14.4 Å². The van der Waals surface area contributed by atoms with E-state index in [1.807, 2.05) is 0 Å². The summed E-state index contributed by atoms with van der Waals surface area (Å²) in [5.41, 5.74) is 5.16. The maximum atomic E-state index is 12.7. The van der Waals surface area contributed by atoms with Crippen molar-refractivity contribution in [1.82, 2.24) is 9.80 Å². The number of ether oxygens (including phenoxy) is 1. The summed E-state index contributed by atoms with van der Waals surface area (Å²) in [6.45, 7) is 5.95. The standard InChI is InChI=1S/C16H25N3O4/c1-16(2,3)23-15(22)19-9-4-5-12(10(8-9)13(19)20)18-7-6-11(17)14(18)21/h9-12H,4-8,17H2,1-3H3/t9?,10?,11-,12?/m0/s1. The molecular weight excluding hydrogens is 298 g/mol. The van der Waals surface area contributed by atoms with E-state index in [-0.39, 0.29) is 29.8 Å². The van der Waals surface area contributed by atoms with Crippen molar-refractivity contribution in [3.8, 4) is 0 Å². The molecule has 0 aromatic heterocycles. The first kappa shape index (κ1) is 16.2. The molecule has 0 radical (unpaired) electrons. The van der Waals surface area contributed by atoms with E-state index in [4.69, 9.17) is 10.5 Å². The van der Waals surface area contributed by atoms with Gasteiger partial charge in [0.05, 0.1) is 12.0 Å². The van der Waals surface area contributed by atoms with E-state index in [1.54, 1.807) is 25.7 Å². The number of likely N-dealkylation sites (tertiary alicyclic amines) is 2. The van der Waals surface area contributed by atoms with Crippen LogP contribution in [0.4, 0.5) is 4.79 Å². The third kappa shape index (κ3) is 2.82. The van der Waals surface area contributed by atoms with E-state index in [0.717, 1.165) is 6.42 Å². The monoisotopic (exact) mass is 323 g/mol. The Balaban J connectivity index is 1.75. The fourth-order valence-corrected chi connectivity index (χ4v) is 3.97. The van der Waals surface area contributed by atoms with Crippen LogP contribution >= 0.6 is 0 Å². The third-order valence-electron chi connectivity index (χ3n) is 4.98. The quantitative estimate of drug-likeness (QED) is 0.772. The molecule has 3 rings (SSSR count). The number of hydrogen-bond acceptors (Lipinski definition) is 5. The molecular formula is C16H25N3O4. The number of carbonyl (C=O) groups excluding carboxylic acids is 3. The molecule has 1 aliphatic carbocycles. The van der Waals surface area contributed by atoms with Crippen molar-refractivity contribution >= 4 is 17.9 Å². The van der Waals surface area contributed by atoms with Crippen molar-refractivity contribution in [2.24, 2.45) is 11.7 Å². The number of rotatable bonds is 1. The summed E-state index contributed by atoms with van der Waals surface area (Å²) < 4.78 is 5.36. The second kappa shape index (κ2) is 5.47. The number of amides is 3. The van der Waals surface area contributed by atoms with Crippen LogP contribution in [0.25, 0.3) is 0 Å². The molecule has 2 aliphatic heterocycles. The molecule has 3 amide bonds. The fraction of sp³-hybridized carbons (Fsp3) is 0.812. The highest BCUT2D eigenvalue weighted by Gasteiger charge is 2.53. The summed E-state index contributed by atoms with van der Waals surface area (Å²) in [5.74, 6) is -0.590. The van der Waals surface area contributed by atoms with Gasteiger partial charge in [-0.05, 0) is 46.5 Å². The average molecular weight is 323 g/mol. The molecule has 3 unspecified atom stereocenters. The molecule has 2 saturated heterocycles. The zero-order valence-electron chi connectivity index (χ0n) is 13.9. The van der Waals surface area contributed by atoms with Crippen molar-refractivity contribution in [1.29, 1.82) is 0 Å². The topological polar surface area (TPSA) is 92.9 Å². The predicted octanol–water partition coefficient (Wildman–Crippen LogP) is 0.861. The normalized spacial score (nSPS) is 34.3. The van der Waals surface area contributed by atoms with E-state index in [0.29, 0.717) is 25.8 Å². The predicted molar refractivity (Wildman–Crippen MR) is 82.3 cm³/mol. The Kier molecular flexibility index (Phi) is 3.86. The molecule has 7 heteroatoms. The van der Waals surface area contributed by atoms with Crippen LogP contribution in [0.15, 0.2) is 0 Å². The summed E-state index contributed by atoms with van der Waals surface area (Å²) in [6, 6.07) is -0.691. The molecule has 0 aromatic carbocycles. The summed E-state index contributed by atoms with van der Waals surface area (Å²) >= 11 is 0. The van der Waals surface area contributed by atoms with Crippen LogP contribution < -0.4 is 5.73 Å². The van der Waals surface area contributed by atoms with Gasteiger partial charge in [-0.3, -0.25) is 9.59 Å². The largest absolute Gasteiger partial charge is 0.443 e. The number of imide groups is 1. The Labute approximate surface area is 136 Å². The lowest BCUT2D eigenvalue weighted by Gasteiger charge is -2.34. The smallest absolute Gasteiger partial charge is 0.417 e. The Morgan fingerprint density at radius 1 is 1.17 bits per heavy atom. The minimum Gasteiger partial charge on any atom is -0.443 e. The van der Waals surface area contributed by atoms with Crippen LogP contribution in [0.1, 0.15) is 46.5 Å². The molecule has 0 spiro atoms. The van der Waals surface area contributed by atoms with Gasteiger partial charge in [0.25, 0.3) is 0 Å². The van der Waals surface area contributed by atoms with Gasteiger partial charge in [0.15, 0.2) is 0 Å². The molecule has 4 atom stereocenters. The first-order chi connectivity index (χ1) is 10.7. The SMILES string of the molecule is CC(C)(C)OC(=O)N1C(=O)C2CC1CCC2N1CC[C@H](N)C1=O. The average Bonchev–Trinajstić information content (AvgIpc) is 2.89. The van der Waals surface area contributed by atoms with Gasteiger partial charge >= 0.3 is 6.09 Å². The Morgan fingerprint density at radius 2 is 1.87 bits per heavy atom. The minimum absolute atomic E-state index is 0.0723. The van der Waals surface area contributed by atoms with Gasteiger partial charge in [-0.2, -0.15) is 0 Å². The summed E-state index contributed by atoms with van der Waals surface area (Å²) in [6.07, 6.45) is 2.13. The van der Waals surface area contributed by atoms with Crippen LogP contribution in [0.5, 0.6) is 0 Å².